The molecule has 1 rings (SSSR count). The van der Waals surface area contributed by atoms with E-state index in [9.17, 15) is 4.79 Å². The molecule has 20 heavy (non-hydrogen) atoms. The van der Waals surface area contributed by atoms with Crippen molar-refractivity contribution in [1.82, 2.24) is 0 Å². The molecule has 0 spiro atoms. The first-order valence-electron chi connectivity index (χ1n) is 7.35. The SMILES string of the molecule is CCCCC=CCCCCOc1ccc(C(=O)O)cc1. The lowest BCUT2D eigenvalue weighted by Gasteiger charge is -2.05. The Labute approximate surface area is 121 Å². The van der Waals surface area contributed by atoms with Gasteiger partial charge in [0.1, 0.15) is 5.75 Å². The second-order valence-corrected chi connectivity index (χ2v) is 4.79. The highest BCUT2D eigenvalue weighted by atomic mass is 16.5. The second kappa shape index (κ2) is 10.1. The maximum Gasteiger partial charge on any atom is 0.335 e. The van der Waals surface area contributed by atoms with Crippen LogP contribution in [0, 0.1) is 0 Å². The lowest BCUT2D eigenvalue weighted by molar-refractivity contribution is 0.0697. The van der Waals surface area contributed by atoms with Gasteiger partial charge >= 0.3 is 5.97 Å². The Bertz CT molecular complexity index is 407. The van der Waals surface area contributed by atoms with E-state index in [1.165, 1.54) is 19.3 Å². The predicted octanol–water partition coefficient (Wildman–Crippen LogP) is 4.68. The summed E-state index contributed by atoms with van der Waals surface area (Å²) < 4.78 is 5.57. The molecule has 0 bridgehead atoms. The summed E-state index contributed by atoms with van der Waals surface area (Å²) in [5, 5.41) is 8.78. The molecule has 0 saturated heterocycles. The number of carbonyl (C=O) groups is 1. The fraction of sp³-hybridized carbons (Fsp3) is 0.471. The van der Waals surface area contributed by atoms with Crippen molar-refractivity contribution in [2.45, 2.75) is 45.4 Å². The summed E-state index contributed by atoms with van der Waals surface area (Å²) in [7, 11) is 0. The standard InChI is InChI=1S/C17H24O3/c1-2-3-4-5-6-7-8-9-14-20-16-12-10-15(11-13-16)17(18)19/h5-6,10-13H,2-4,7-9,14H2,1H3,(H,18,19). The van der Waals surface area contributed by atoms with Gasteiger partial charge in [0, 0.05) is 0 Å². The Morgan fingerprint density at radius 1 is 1.10 bits per heavy atom. The first-order valence-corrected chi connectivity index (χ1v) is 7.35. The van der Waals surface area contributed by atoms with Gasteiger partial charge in [-0.1, -0.05) is 31.9 Å². The Hall–Kier alpha value is -1.77. The van der Waals surface area contributed by atoms with Crippen molar-refractivity contribution in [2.75, 3.05) is 6.61 Å². The minimum absolute atomic E-state index is 0.287. The summed E-state index contributed by atoms with van der Waals surface area (Å²) in [6.07, 6.45) is 11.4. The average molecular weight is 276 g/mol. The third-order valence-electron chi connectivity index (χ3n) is 3.03. The van der Waals surface area contributed by atoms with Crippen molar-refractivity contribution < 1.29 is 14.6 Å². The fourth-order valence-corrected chi connectivity index (χ4v) is 1.81. The van der Waals surface area contributed by atoms with Crippen molar-refractivity contribution in [3.8, 4) is 5.75 Å². The van der Waals surface area contributed by atoms with Gasteiger partial charge in [-0.25, -0.2) is 4.79 Å². The minimum atomic E-state index is -0.911. The third-order valence-corrected chi connectivity index (χ3v) is 3.03. The number of benzene rings is 1. The molecule has 110 valence electrons. The number of hydrogen-bond acceptors (Lipinski definition) is 2. The third kappa shape index (κ3) is 6.98. The molecule has 0 radical (unpaired) electrons. The molecule has 1 N–H and O–H groups in total. The van der Waals surface area contributed by atoms with Crippen LogP contribution in [0.5, 0.6) is 5.75 Å². The molecule has 0 amide bonds. The molecule has 0 aliphatic heterocycles. The number of ether oxygens (including phenoxy) is 1. The van der Waals surface area contributed by atoms with Crippen molar-refractivity contribution in [1.29, 1.82) is 0 Å². The number of carboxylic acids is 1. The Morgan fingerprint density at radius 3 is 2.35 bits per heavy atom. The van der Waals surface area contributed by atoms with Crippen LogP contribution in [0.15, 0.2) is 36.4 Å². The van der Waals surface area contributed by atoms with Crippen molar-refractivity contribution in [3.05, 3.63) is 42.0 Å². The normalized spacial score (nSPS) is 10.8. The van der Waals surface area contributed by atoms with E-state index >= 15 is 0 Å². The molecule has 0 saturated carbocycles. The topological polar surface area (TPSA) is 46.5 Å². The summed E-state index contributed by atoms with van der Waals surface area (Å²) in [6.45, 7) is 2.88. The van der Waals surface area contributed by atoms with Crippen LogP contribution in [0.25, 0.3) is 0 Å². The van der Waals surface area contributed by atoms with Gasteiger partial charge in [-0.05, 0) is 49.9 Å². The number of unbranched alkanes of at least 4 members (excludes halogenated alkanes) is 4. The van der Waals surface area contributed by atoms with Gasteiger partial charge in [-0.3, -0.25) is 0 Å². The van der Waals surface area contributed by atoms with Crippen molar-refractivity contribution in [2.24, 2.45) is 0 Å². The molecule has 1 aromatic rings. The zero-order valence-electron chi connectivity index (χ0n) is 12.2. The largest absolute Gasteiger partial charge is 0.494 e. The molecular formula is C17H24O3. The van der Waals surface area contributed by atoms with Crippen LogP contribution in [0.3, 0.4) is 0 Å². The molecule has 0 unspecified atom stereocenters. The number of allylic oxidation sites excluding steroid dienone is 2. The average Bonchev–Trinajstić information content (AvgIpc) is 2.46. The van der Waals surface area contributed by atoms with Crippen LogP contribution in [-0.2, 0) is 0 Å². The van der Waals surface area contributed by atoms with Gasteiger partial charge in [-0.15, -0.1) is 0 Å². The van der Waals surface area contributed by atoms with E-state index in [1.54, 1.807) is 24.3 Å². The number of carboxylic acid groups (broad SMARTS) is 1. The van der Waals surface area contributed by atoms with Gasteiger partial charge < -0.3 is 9.84 Å². The van der Waals surface area contributed by atoms with E-state index in [1.807, 2.05) is 0 Å². The number of rotatable bonds is 10. The van der Waals surface area contributed by atoms with E-state index in [0.29, 0.717) is 6.61 Å². The highest BCUT2D eigenvalue weighted by Gasteiger charge is 2.01. The molecule has 1 aromatic carbocycles. The Morgan fingerprint density at radius 2 is 1.75 bits per heavy atom. The van der Waals surface area contributed by atoms with Gasteiger partial charge in [0.15, 0.2) is 0 Å². The number of hydrogen-bond donors (Lipinski definition) is 1. The summed E-state index contributed by atoms with van der Waals surface area (Å²) in [5.74, 6) is -0.181. The van der Waals surface area contributed by atoms with E-state index in [0.717, 1.165) is 25.0 Å². The molecule has 3 nitrogen and oxygen atoms in total. The highest BCUT2D eigenvalue weighted by Crippen LogP contribution is 2.13. The zero-order valence-corrected chi connectivity index (χ0v) is 12.2. The van der Waals surface area contributed by atoms with Gasteiger partial charge in [0.2, 0.25) is 0 Å². The second-order valence-electron chi connectivity index (χ2n) is 4.79. The maximum atomic E-state index is 10.7. The molecule has 0 aliphatic rings. The van der Waals surface area contributed by atoms with Gasteiger partial charge in [0.25, 0.3) is 0 Å². The summed E-state index contributed by atoms with van der Waals surface area (Å²) in [6, 6.07) is 6.53. The van der Waals surface area contributed by atoms with Crippen LogP contribution < -0.4 is 4.74 Å². The summed E-state index contributed by atoms with van der Waals surface area (Å²) in [4.78, 5) is 10.7. The monoisotopic (exact) mass is 276 g/mol. The highest BCUT2D eigenvalue weighted by molar-refractivity contribution is 5.87. The molecule has 0 aromatic heterocycles. The first kappa shape index (κ1) is 16.3. The Balaban J connectivity index is 2.09. The van der Waals surface area contributed by atoms with E-state index < -0.39 is 5.97 Å². The molecule has 0 heterocycles. The molecule has 3 heteroatoms. The van der Waals surface area contributed by atoms with Crippen LogP contribution in [0.4, 0.5) is 0 Å². The zero-order chi connectivity index (χ0) is 14.6. The molecule has 0 fully saturated rings. The smallest absolute Gasteiger partial charge is 0.335 e. The van der Waals surface area contributed by atoms with Crippen LogP contribution >= 0.6 is 0 Å². The van der Waals surface area contributed by atoms with E-state index in [-0.39, 0.29) is 5.56 Å². The quantitative estimate of drug-likeness (QED) is 0.498. The van der Waals surface area contributed by atoms with Crippen molar-refractivity contribution in [3.63, 3.8) is 0 Å². The predicted molar refractivity (Wildman–Crippen MR) is 81.4 cm³/mol. The maximum absolute atomic E-state index is 10.7. The minimum Gasteiger partial charge on any atom is -0.494 e. The van der Waals surface area contributed by atoms with Crippen LogP contribution in [-0.4, -0.2) is 17.7 Å². The summed E-state index contributed by atoms with van der Waals surface area (Å²) >= 11 is 0. The number of aromatic carboxylic acids is 1. The molecule has 0 aliphatic carbocycles. The van der Waals surface area contributed by atoms with E-state index in [4.69, 9.17) is 9.84 Å². The van der Waals surface area contributed by atoms with Gasteiger partial charge in [-0.2, -0.15) is 0 Å². The molecule has 0 atom stereocenters. The lowest BCUT2D eigenvalue weighted by Crippen LogP contribution is -1.99. The van der Waals surface area contributed by atoms with Crippen LogP contribution in [0.1, 0.15) is 55.8 Å². The fourth-order valence-electron chi connectivity index (χ4n) is 1.81. The van der Waals surface area contributed by atoms with E-state index in [2.05, 4.69) is 19.1 Å². The lowest BCUT2D eigenvalue weighted by atomic mass is 10.2. The van der Waals surface area contributed by atoms with Gasteiger partial charge in [0.05, 0.1) is 12.2 Å². The van der Waals surface area contributed by atoms with Crippen molar-refractivity contribution >= 4 is 5.97 Å². The summed E-state index contributed by atoms with van der Waals surface area (Å²) in [5.41, 5.74) is 0.287. The van der Waals surface area contributed by atoms with Crippen LogP contribution in [0.2, 0.25) is 0 Å². The first-order chi connectivity index (χ1) is 9.74. The Kier molecular flexibility index (Phi) is 8.20. The molecular weight excluding hydrogens is 252 g/mol.